The maximum atomic E-state index is 9.44. The van der Waals surface area contributed by atoms with E-state index in [1.54, 1.807) is 0 Å². The highest BCUT2D eigenvalue weighted by molar-refractivity contribution is 5.09. The molecule has 1 fully saturated rings. The van der Waals surface area contributed by atoms with Crippen molar-refractivity contribution in [2.45, 2.75) is 31.7 Å². The Morgan fingerprint density at radius 1 is 1.30 bits per heavy atom. The average Bonchev–Trinajstić information content (AvgIpc) is 2.89. The van der Waals surface area contributed by atoms with E-state index >= 15 is 0 Å². The number of aliphatic hydroxyl groups is 1. The molecule has 2 aliphatic rings. The third kappa shape index (κ3) is 3.05. The summed E-state index contributed by atoms with van der Waals surface area (Å²) in [5, 5.41) is 9.44. The van der Waals surface area contributed by atoms with Crippen molar-refractivity contribution < 1.29 is 5.11 Å². The summed E-state index contributed by atoms with van der Waals surface area (Å²) in [4.78, 5) is 9.68. The number of fused-ring (bicyclic) bond motifs is 1. The fourth-order valence-corrected chi connectivity index (χ4v) is 3.27. The molecule has 3 heterocycles. The molecular weight excluding hydrogens is 252 g/mol. The second-order valence-corrected chi connectivity index (χ2v) is 6.18. The van der Waals surface area contributed by atoms with Gasteiger partial charge in [0.2, 0.25) is 0 Å². The summed E-state index contributed by atoms with van der Waals surface area (Å²) in [5.74, 6) is 1.17. The zero-order chi connectivity index (χ0) is 13.9. The van der Waals surface area contributed by atoms with Crippen LogP contribution >= 0.6 is 0 Å². The first-order valence-corrected chi connectivity index (χ1v) is 7.84. The van der Waals surface area contributed by atoms with E-state index in [0.717, 1.165) is 32.2 Å². The standard InChI is InChI=1S/C15H26N4O/c1-17-7-9-18(10-8-17)6-5-13-11-19-14(12-20)3-2-4-15(19)16-13/h11,14,20H,2-10,12H2,1H3. The van der Waals surface area contributed by atoms with Crippen molar-refractivity contribution in [2.75, 3.05) is 46.4 Å². The smallest absolute Gasteiger partial charge is 0.109 e. The Morgan fingerprint density at radius 3 is 2.85 bits per heavy atom. The molecule has 0 radical (unpaired) electrons. The second-order valence-electron chi connectivity index (χ2n) is 6.18. The normalized spacial score (nSPS) is 24.8. The first-order valence-electron chi connectivity index (χ1n) is 7.84. The monoisotopic (exact) mass is 278 g/mol. The lowest BCUT2D eigenvalue weighted by Crippen LogP contribution is -2.45. The van der Waals surface area contributed by atoms with Gasteiger partial charge in [-0.1, -0.05) is 0 Å². The van der Waals surface area contributed by atoms with Crippen LogP contribution in [-0.4, -0.2) is 70.8 Å². The number of hydrogen-bond acceptors (Lipinski definition) is 4. The van der Waals surface area contributed by atoms with Gasteiger partial charge in [-0.2, -0.15) is 0 Å². The Hall–Kier alpha value is -0.910. The van der Waals surface area contributed by atoms with Crippen LogP contribution in [0.4, 0.5) is 0 Å². The average molecular weight is 278 g/mol. The highest BCUT2D eigenvalue weighted by atomic mass is 16.3. The largest absolute Gasteiger partial charge is 0.394 e. The summed E-state index contributed by atoms with van der Waals surface area (Å²) in [6.45, 7) is 6.03. The number of aromatic nitrogens is 2. The van der Waals surface area contributed by atoms with Gasteiger partial charge in [0.15, 0.2) is 0 Å². The van der Waals surface area contributed by atoms with Crippen LogP contribution in [0.25, 0.3) is 0 Å². The number of aryl methyl sites for hydroxylation is 1. The van der Waals surface area contributed by atoms with E-state index < -0.39 is 0 Å². The molecule has 1 N–H and O–H groups in total. The van der Waals surface area contributed by atoms with Gasteiger partial charge in [-0.3, -0.25) is 0 Å². The van der Waals surface area contributed by atoms with Crippen molar-refractivity contribution in [1.29, 1.82) is 0 Å². The molecule has 112 valence electrons. The lowest BCUT2D eigenvalue weighted by molar-refractivity contribution is 0.155. The number of rotatable bonds is 4. The van der Waals surface area contributed by atoms with Crippen molar-refractivity contribution in [1.82, 2.24) is 19.4 Å². The summed E-state index contributed by atoms with van der Waals surface area (Å²) in [6.07, 6.45) is 6.50. The molecule has 0 bridgehead atoms. The van der Waals surface area contributed by atoms with Crippen LogP contribution in [-0.2, 0) is 12.8 Å². The third-order valence-corrected chi connectivity index (χ3v) is 4.68. The van der Waals surface area contributed by atoms with Gasteiger partial charge in [-0.15, -0.1) is 0 Å². The highest BCUT2D eigenvalue weighted by Crippen LogP contribution is 2.24. The van der Waals surface area contributed by atoms with E-state index in [-0.39, 0.29) is 12.6 Å². The van der Waals surface area contributed by atoms with Gasteiger partial charge in [0.1, 0.15) is 5.82 Å². The topological polar surface area (TPSA) is 44.5 Å². The summed E-state index contributed by atoms with van der Waals surface area (Å²) in [5.41, 5.74) is 1.19. The SMILES string of the molecule is CN1CCN(CCc2cn3c(n2)CCCC3CO)CC1. The van der Waals surface area contributed by atoms with Gasteiger partial charge < -0.3 is 19.5 Å². The van der Waals surface area contributed by atoms with E-state index in [4.69, 9.17) is 4.98 Å². The lowest BCUT2D eigenvalue weighted by Gasteiger charge is -2.32. The Labute approximate surface area is 121 Å². The molecule has 1 aromatic heterocycles. The van der Waals surface area contributed by atoms with E-state index in [2.05, 4.69) is 27.6 Å². The van der Waals surface area contributed by atoms with Crippen molar-refractivity contribution >= 4 is 0 Å². The van der Waals surface area contributed by atoms with Gasteiger partial charge in [0.05, 0.1) is 18.3 Å². The first-order chi connectivity index (χ1) is 9.76. The van der Waals surface area contributed by atoms with Crippen LogP contribution in [0.3, 0.4) is 0 Å². The Kier molecular flexibility index (Phi) is 4.38. The van der Waals surface area contributed by atoms with Crippen LogP contribution in [0.15, 0.2) is 6.20 Å². The van der Waals surface area contributed by atoms with E-state index in [1.807, 2.05) is 0 Å². The number of piperazine rings is 1. The predicted octanol–water partition coefficient (Wildman–Crippen LogP) is 0.543. The van der Waals surface area contributed by atoms with Crippen LogP contribution in [0.2, 0.25) is 0 Å². The van der Waals surface area contributed by atoms with Crippen LogP contribution in [0, 0.1) is 0 Å². The Balaban J connectivity index is 1.57. The minimum atomic E-state index is 0.237. The first kappa shape index (κ1) is 14.0. The number of nitrogens with zero attached hydrogens (tertiary/aromatic N) is 4. The van der Waals surface area contributed by atoms with Crippen molar-refractivity contribution in [3.63, 3.8) is 0 Å². The Bertz CT molecular complexity index is 437. The molecule has 2 aliphatic heterocycles. The molecule has 5 nitrogen and oxygen atoms in total. The molecule has 3 rings (SSSR count). The minimum Gasteiger partial charge on any atom is -0.394 e. The third-order valence-electron chi connectivity index (χ3n) is 4.68. The van der Waals surface area contributed by atoms with E-state index in [9.17, 15) is 5.11 Å². The van der Waals surface area contributed by atoms with Crippen LogP contribution in [0.5, 0.6) is 0 Å². The predicted molar refractivity (Wildman–Crippen MR) is 78.9 cm³/mol. The molecule has 5 heteroatoms. The van der Waals surface area contributed by atoms with E-state index in [1.165, 1.54) is 37.7 Å². The molecule has 0 aromatic carbocycles. The van der Waals surface area contributed by atoms with Gasteiger partial charge >= 0.3 is 0 Å². The summed E-state index contributed by atoms with van der Waals surface area (Å²) in [7, 11) is 2.19. The summed E-state index contributed by atoms with van der Waals surface area (Å²) < 4.78 is 2.21. The maximum absolute atomic E-state index is 9.44. The quantitative estimate of drug-likeness (QED) is 0.873. The number of imidazole rings is 1. The number of likely N-dealkylation sites (N-methyl/N-ethyl adjacent to an activating group) is 1. The van der Waals surface area contributed by atoms with E-state index in [0.29, 0.717) is 0 Å². The van der Waals surface area contributed by atoms with Gasteiger partial charge in [-0.05, 0) is 19.9 Å². The fourth-order valence-electron chi connectivity index (χ4n) is 3.27. The van der Waals surface area contributed by atoms with Gasteiger partial charge in [0.25, 0.3) is 0 Å². The minimum absolute atomic E-state index is 0.237. The molecule has 0 aliphatic carbocycles. The highest BCUT2D eigenvalue weighted by Gasteiger charge is 2.21. The molecule has 0 saturated carbocycles. The molecule has 1 unspecified atom stereocenters. The Morgan fingerprint density at radius 2 is 2.10 bits per heavy atom. The summed E-state index contributed by atoms with van der Waals surface area (Å²) >= 11 is 0. The molecule has 1 atom stereocenters. The van der Waals surface area contributed by atoms with Crippen molar-refractivity contribution in [3.05, 3.63) is 17.7 Å². The number of aliphatic hydroxyl groups excluding tert-OH is 1. The van der Waals surface area contributed by atoms with Crippen molar-refractivity contribution in [3.8, 4) is 0 Å². The molecule has 0 amide bonds. The number of hydrogen-bond donors (Lipinski definition) is 1. The van der Waals surface area contributed by atoms with Crippen LogP contribution in [0.1, 0.15) is 30.4 Å². The molecule has 1 saturated heterocycles. The lowest BCUT2D eigenvalue weighted by atomic mass is 10.1. The maximum Gasteiger partial charge on any atom is 0.109 e. The fraction of sp³-hybridized carbons (Fsp3) is 0.800. The van der Waals surface area contributed by atoms with Gasteiger partial charge in [0, 0.05) is 51.8 Å². The molecule has 1 aromatic rings. The second kappa shape index (κ2) is 6.24. The molecule has 20 heavy (non-hydrogen) atoms. The van der Waals surface area contributed by atoms with Crippen LogP contribution < -0.4 is 0 Å². The molecular formula is C15H26N4O. The molecule has 0 spiro atoms. The zero-order valence-electron chi connectivity index (χ0n) is 12.5. The van der Waals surface area contributed by atoms with Crippen molar-refractivity contribution in [2.24, 2.45) is 0 Å². The summed E-state index contributed by atoms with van der Waals surface area (Å²) in [6, 6.07) is 0.253. The van der Waals surface area contributed by atoms with Gasteiger partial charge in [-0.25, -0.2) is 4.98 Å². The zero-order valence-corrected chi connectivity index (χ0v) is 12.5.